The Morgan fingerprint density at radius 2 is 1.46 bits per heavy atom. The lowest BCUT2D eigenvalue weighted by atomic mass is 10.0. The van der Waals surface area contributed by atoms with E-state index in [1.165, 1.54) is 81.2 Å². The largest absolute Gasteiger partial charge is 0.491 e. The summed E-state index contributed by atoms with van der Waals surface area (Å²) in [6.07, 6.45) is 14.4. The standard InChI is InChI=1S/C52H73N5O10S/c1-6-10-12-13-14-15-16-17-18-24-34-65-35-25-33-56-47(53-42-29-22-23-30-45(42)68(56,62)63)46(57-49(59)50(66-9-4)55(52(57)61)37-40-27-20-19-21-28-40)48(58)54-43-36-41(51(60)64-5)31-32-44(43)67-38-39(8-3)26-11-7-2/h19-23,27-32,36,39,46,50H,6-18,24-26,33-35,37-38H2,1-5H3,(H,54,58). The first-order valence-electron chi connectivity index (χ1n) is 24.7. The number of para-hydroxylation sites is 1. The Balaban J connectivity index is 1.49. The van der Waals surface area contributed by atoms with Crippen LogP contribution in [-0.2, 0) is 40.4 Å². The van der Waals surface area contributed by atoms with Gasteiger partial charge in [0.15, 0.2) is 11.9 Å². The van der Waals surface area contributed by atoms with E-state index in [-0.39, 0.29) is 72.1 Å². The van der Waals surface area contributed by atoms with Gasteiger partial charge in [0, 0.05) is 26.4 Å². The van der Waals surface area contributed by atoms with Crippen molar-refractivity contribution in [1.82, 2.24) is 14.1 Å². The zero-order valence-corrected chi connectivity index (χ0v) is 41.6. The van der Waals surface area contributed by atoms with E-state index < -0.39 is 46.1 Å². The number of unbranched alkanes of at least 4 members (excludes halogenated alkanes) is 10. The molecule has 0 saturated carbocycles. The van der Waals surface area contributed by atoms with E-state index in [4.69, 9.17) is 23.9 Å². The molecule has 0 bridgehead atoms. The van der Waals surface area contributed by atoms with Gasteiger partial charge in [-0.25, -0.2) is 27.9 Å². The number of urea groups is 1. The number of ether oxygens (including phenoxy) is 4. The predicted molar refractivity (Wildman–Crippen MR) is 263 cm³/mol. The Morgan fingerprint density at radius 3 is 2.13 bits per heavy atom. The molecule has 372 valence electrons. The molecule has 0 spiro atoms. The molecule has 15 nitrogen and oxygen atoms in total. The van der Waals surface area contributed by atoms with Crippen molar-refractivity contribution in [3.8, 4) is 5.75 Å². The molecule has 2 aliphatic rings. The average molecular weight is 960 g/mol. The number of amidine groups is 1. The van der Waals surface area contributed by atoms with Gasteiger partial charge in [-0.1, -0.05) is 140 Å². The number of rotatable bonds is 31. The number of sulfonamides is 1. The molecule has 0 radical (unpaired) electrons. The van der Waals surface area contributed by atoms with Crippen molar-refractivity contribution in [2.24, 2.45) is 10.9 Å². The number of carbonyl (C=O) groups is 4. The second kappa shape index (κ2) is 27.6. The first-order valence-corrected chi connectivity index (χ1v) is 26.2. The molecular weight excluding hydrogens is 887 g/mol. The fourth-order valence-corrected chi connectivity index (χ4v) is 10.1. The third kappa shape index (κ3) is 14.4. The van der Waals surface area contributed by atoms with Crippen molar-refractivity contribution in [2.75, 3.05) is 45.4 Å². The highest BCUT2D eigenvalue weighted by molar-refractivity contribution is 7.90. The van der Waals surface area contributed by atoms with Gasteiger partial charge in [-0.05, 0) is 68.0 Å². The fraction of sp³-hybridized carbons (Fsp3) is 0.558. The smallest absolute Gasteiger partial charge is 0.337 e. The number of esters is 1. The second-order valence-electron chi connectivity index (χ2n) is 17.4. The Bertz CT molecular complexity index is 2240. The summed E-state index contributed by atoms with van der Waals surface area (Å²) in [5.41, 5.74) is 0.860. The van der Waals surface area contributed by atoms with Gasteiger partial charge >= 0.3 is 12.0 Å². The summed E-state index contributed by atoms with van der Waals surface area (Å²) >= 11 is 0. The maximum Gasteiger partial charge on any atom is 0.337 e. The van der Waals surface area contributed by atoms with Crippen LogP contribution in [0.1, 0.15) is 140 Å². The average Bonchev–Trinajstić information content (AvgIpc) is 3.56. The first-order chi connectivity index (χ1) is 33.0. The predicted octanol–water partition coefficient (Wildman–Crippen LogP) is 10.3. The van der Waals surface area contributed by atoms with Crippen molar-refractivity contribution in [3.63, 3.8) is 0 Å². The highest BCUT2D eigenvalue weighted by Crippen LogP contribution is 2.36. The summed E-state index contributed by atoms with van der Waals surface area (Å²) in [6.45, 7) is 8.95. The van der Waals surface area contributed by atoms with Crippen LogP contribution < -0.4 is 10.1 Å². The van der Waals surface area contributed by atoms with Crippen molar-refractivity contribution in [1.29, 1.82) is 0 Å². The Hall–Kier alpha value is -5.32. The Kier molecular flexibility index (Phi) is 21.8. The van der Waals surface area contributed by atoms with Gasteiger partial charge in [0.05, 0.1) is 37.2 Å². The van der Waals surface area contributed by atoms with Crippen molar-refractivity contribution >= 4 is 51.0 Å². The van der Waals surface area contributed by atoms with E-state index in [2.05, 4.69) is 26.1 Å². The van der Waals surface area contributed by atoms with Crippen LogP contribution in [0.25, 0.3) is 0 Å². The van der Waals surface area contributed by atoms with Crippen LogP contribution in [0.3, 0.4) is 0 Å². The lowest BCUT2D eigenvalue weighted by Crippen LogP contribution is -2.59. The number of imide groups is 1. The van der Waals surface area contributed by atoms with Crippen LogP contribution in [0.15, 0.2) is 82.7 Å². The minimum atomic E-state index is -4.42. The Labute approximate surface area is 404 Å². The minimum absolute atomic E-state index is 0.0322. The molecule has 1 saturated heterocycles. The van der Waals surface area contributed by atoms with Crippen molar-refractivity contribution in [3.05, 3.63) is 83.9 Å². The number of nitrogens with one attached hydrogen (secondary N) is 1. The molecule has 0 aromatic heterocycles. The number of carbonyl (C=O) groups excluding carboxylic acids is 4. The summed E-state index contributed by atoms with van der Waals surface area (Å²) in [5.74, 6) is -2.49. The van der Waals surface area contributed by atoms with Gasteiger partial charge in [-0.2, -0.15) is 0 Å². The molecule has 3 unspecified atom stereocenters. The van der Waals surface area contributed by atoms with Gasteiger partial charge in [0.25, 0.3) is 21.8 Å². The molecule has 5 rings (SSSR count). The van der Waals surface area contributed by atoms with Crippen LogP contribution in [0.2, 0.25) is 0 Å². The monoisotopic (exact) mass is 960 g/mol. The number of anilines is 1. The van der Waals surface area contributed by atoms with E-state index in [1.54, 1.807) is 49.4 Å². The SMILES string of the molecule is CCCCCCCCCCCCOCCCN1C(C(C(=O)Nc2cc(C(=O)OC)ccc2OCC(CC)CCCC)N2C(=O)C(OCC)N(Cc3ccccc3)C2=O)=Nc2ccccc2S1(=O)=O. The van der Waals surface area contributed by atoms with Crippen LogP contribution in [0, 0.1) is 5.92 Å². The molecule has 3 aromatic carbocycles. The molecule has 3 aromatic rings. The maximum absolute atomic E-state index is 15.3. The van der Waals surface area contributed by atoms with E-state index in [0.717, 1.165) is 54.2 Å². The van der Waals surface area contributed by atoms with Gasteiger partial charge < -0.3 is 24.3 Å². The van der Waals surface area contributed by atoms with E-state index in [0.29, 0.717) is 18.8 Å². The maximum atomic E-state index is 15.3. The first kappa shape index (κ1) is 53.6. The number of fused-ring (bicyclic) bond motifs is 1. The number of amides is 4. The topological polar surface area (TPSA) is 173 Å². The Morgan fingerprint density at radius 1 is 0.794 bits per heavy atom. The van der Waals surface area contributed by atoms with Crippen molar-refractivity contribution < 1.29 is 46.5 Å². The highest BCUT2D eigenvalue weighted by atomic mass is 32.2. The zero-order valence-electron chi connectivity index (χ0n) is 40.8. The van der Waals surface area contributed by atoms with Crippen LogP contribution >= 0.6 is 0 Å². The van der Waals surface area contributed by atoms with E-state index in [1.807, 2.05) is 6.07 Å². The van der Waals surface area contributed by atoms with Crippen LogP contribution in [-0.4, -0.2) is 105 Å². The molecular formula is C52H73N5O10S. The van der Waals surface area contributed by atoms with Crippen molar-refractivity contribution in [2.45, 2.75) is 148 Å². The highest BCUT2D eigenvalue weighted by Gasteiger charge is 2.54. The number of hydrogen-bond donors (Lipinski definition) is 1. The molecule has 2 heterocycles. The molecule has 68 heavy (non-hydrogen) atoms. The summed E-state index contributed by atoms with van der Waals surface area (Å²) in [5, 5.41) is 2.83. The van der Waals surface area contributed by atoms with Gasteiger partial charge in [-0.15, -0.1) is 0 Å². The van der Waals surface area contributed by atoms with E-state index in [9.17, 15) is 22.8 Å². The molecule has 16 heteroatoms. The number of hydrogen-bond acceptors (Lipinski definition) is 11. The lowest BCUT2D eigenvalue weighted by Gasteiger charge is -2.35. The fourth-order valence-electron chi connectivity index (χ4n) is 8.45. The summed E-state index contributed by atoms with van der Waals surface area (Å²) < 4.78 is 53.7. The molecule has 0 aliphatic carbocycles. The summed E-state index contributed by atoms with van der Waals surface area (Å²) in [4.78, 5) is 64.4. The summed E-state index contributed by atoms with van der Waals surface area (Å²) in [6, 6.07) is 16.7. The van der Waals surface area contributed by atoms with Gasteiger partial charge in [-0.3, -0.25) is 18.8 Å². The third-order valence-electron chi connectivity index (χ3n) is 12.3. The lowest BCUT2D eigenvalue weighted by molar-refractivity contribution is -0.144. The molecule has 1 fully saturated rings. The second-order valence-corrected chi connectivity index (χ2v) is 19.2. The molecule has 1 N–H and O–H groups in total. The number of aliphatic imine (C=N–C) groups is 1. The van der Waals surface area contributed by atoms with Crippen LogP contribution in [0.4, 0.5) is 16.2 Å². The molecule has 2 aliphatic heterocycles. The van der Waals surface area contributed by atoms with E-state index >= 15 is 4.79 Å². The normalized spacial score (nSPS) is 16.3. The third-order valence-corrected chi connectivity index (χ3v) is 14.2. The summed E-state index contributed by atoms with van der Waals surface area (Å²) in [7, 11) is -3.19. The number of methoxy groups -OCH3 is 1. The molecule has 4 amide bonds. The number of benzene rings is 3. The van der Waals surface area contributed by atoms with Gasteiger partial charge in [0.2, 0.25) is 6.23 Å². The quantitative estimate of drug-likeness (QED) is 0.0371. The molecule has 3 atom stereocenters. The van der Waals surface area contributed by atoms with Gasteiger partial charge in [0.1, 0.15) is 10.6 Å². The number of nitrogens with zero attached hydrogens (tertiary/aromatic N) is 4. The zero-order chi connectivity index (χ0) is 48.9. The minimum Gasteiger partial charge on any atom is -0.491 e. The van der Waals surface area contributed by atoms with Crippen LogP contribution in [0.5, 0.6) is 5.75 Å².